The van der Waals surface area contributed by atoms with E-state index in [1.807, 2.05) is 0 Å². The molecule has 10 heteroatoms. The molecule has 0 bridgehead atoms. The molecule has 140 valence electrons. The fourth-order valence-corrected chi connectivity index (χ4v) is 2.73. The lowest BCUT2D eigenvalue weighted by atomic mass is 9.96. The number of hydrogen-bond donors (Lipinski definition) is 1. The van der Waals surface area contributed by atoms with Crippen LogP contribution in [-0.4, -0.2) is 37.2 Å². The molecule has 1 N–H and O–H groups in total. The van der Waals surface area contributed by atoms with E-state index < -0.39 is 47.0 Å². The van der Waals surface area contributed by atoms with E-state index in [0.717, 1.165) is 0 Å². The van der Waals surface area contributed by atoms with Crippen LogP contribution in [0.3, 0.4) is 0 Å². The van der Waals surface area contributed by atoms with Gasteiger partial charge in [0.1, 0.15) is 26.4 Å². The number of hydrogen-bond acceptors (Lipinski definition) is 4. The van der Waals surface area contributed by atoms with Gasteiger partial charge in [-0.3, -0.25) is 4.79 Å². The van der Waals surface area contributed by atoms with Crippen LogP contribution in [0.2, 0.25) is 0 Å². The normalized spacial score (nSPS) is 15.8. The number of aromatic nitrogens is 1. The molecular weight excluding hydrogens is 425 g/mol. The minimum absolute atomic E-state index is 0.117. The highest BCUT2D eigenvalue weighted by Gasteiger charge is 2.42. The van der Waals surface area contributed by atoms with Crippen molar-refractivity contribution in [2.75, 3.05) is 0 Å². The summed E-state index contributed by atoms with van der Waals surface area (Å²) in [5.41, 5.74) is -0.0234. The second kappa shape index (κ2) is 8.50. The monoisotopic (exact) mass is 442 g/mol. The molecule has 1 heterocycles. The Hall–Kier alpha value is -1.13. The zero-order valence-electron chi connectivity index (χ0n) is 13.8. The number of rotatable bonds is 6. The lowest BCUT2D eigenvalue weighted by molar-refractivity contribution is -0.181. The first-order valence-electron chi connectivity index (χ1n) is 7.21. The molecule has 2 atom stereocenters. The van der Waals surface area contributed by atoms with E-state index in [0.29, 0.717) is 4.60 Å². The van der Waals surface area contributed by atoms with Crippen molar-refractivity contribution in [1.82, 2.24) is 4.98 Å². The van der Waals surface area contributed by atoms with Crippen molar-refractivity contribution in [3.63, 3.8) is 0 Å². The van der Waals surface area contributed by atoms with Crippen molar-refractivity contribution < 1.29 is 27.6 Å². The van der Waals surface area contributed by atoms with E-state index in [1.165, 1.54) is 6.07 Å². The molecule has 0 saturated heterocycles. The molecule has 0 saturated carbocycles. The zero-order chi connectivity index (χ0) is 19.4. The summed E-state index contributed by atoms with van der Waals surface area (Å²) in [5, 5.41) is 8.76. The van der Waals surface area contributed by atoms with Crippen LogP contribution in [0.1, 0.15) is 39.3 Å². The summed E-state index contributed by atoms with van der Waals surface area (Å²) in [4.78, 5) is 14.8. The van der Waals surface area contributed by atoms with Crippen LogP contribution in [0.5, 0.6) is 0 Å². The number of halogens is 4. The fraction of sp³-hybridized carbons (Fsp3) is 0.533. The molecule has 5 nitrogen and oxygen atoms in total. The van der Waals surface area contributed by atoms with Crippen LogP contribution in [0.4, 0.5) is 13.2 Å². The van der Waals surface area contributed by atoms with Gasteiger partial charge in [-0.1, -0.05) is 10.5 Å². The topological polar surface area (TPSA) is 85.6 Å². The predicted molar refractivity (Wildman–Crippen MR) is 92.8 cm³/mol. The largest absolute Gasteiger partial charge is 0.591 e. The molecule has 0 aromatic carbocycles. The lowest BCUT2D eigenvalue weighted by Crippen LogP contribution is -2.31. The van der Waals surface area contributed by atoms with Crippen LogP contribution in [0.25, 0.3) is 0 Å². The van der Waals surface area contributed by atoms with E-state index in [4.69, 9.17) is 5.11 Å². The third-order valence-electron chi connectivity index (χ3n) is 3.05. The molecule has 0 amide bonds. The third-order valence-corrected chi connectivity index (χ3v) is 4.93. The van der Waals surface area contributed by atoms with E-state index >= 15 is 0 Å². The van der Waals surface area contributed by atoms with Gasteiger partial charge in [0.2, 0.25) is 0 Å². The molecule has 0 unspecified atom stereocenters. The summed E-state index contributed by atoms with van der Waals surface area (Å²) < 4.78 is 55.4. The van der Waals surface area contributed by atoms with Gasteiger partial charge in [0.25, 0.3) is 0 Å². The number of nitrogens with zero attached hydrogens (tertiary/aromatic N) is 2. The molecule has 0 aliphatic carbocycles. The van der Waals surface area contributed by atoms with Gasteiger partial charge in [0.15, 0.2) is 0 Å². The van der Waals surface area contributed by atoms with Gasteiger partial charge < -0.3 is 9.66 Å². The van der Waals surface area contributed by atoms with Crippen LogP contribution >= 0.6 is 15.9 Å². The quantitative estimate of drug-likeness (QED) is 0.407. The SMILES string of the molecule is CC(C)(C)[S@@+]([O-])/N=C(/C[C@H](CC(=O)O)C(F)(F)F)c1cccc(Br)n1. The average molecular weight is 443 g/mol. The van der Waals surface area contributed by atoms with Gasteiger partial charge in [0, 0.05) is 6.42 Å². The Morgan fingerprint density at radius 3 is 2.40 bits per heavy atom. The van der Waals surface area contributed by atoms with Gasteiger partial charge in [-0.05, 0) is 48.8 Å². The number of pyridine rings is 1. The smallest absolute Gasteiger partial charge is 0.392 e. The Balaban J connectivity index is 3.30. The highest BCUT2D eigenvalue weighted by atomic mass is 79.9. The second-order valence-electron chi connectivity index (χ2n) is 6.29. The fourth-order valence-electron chi connectivity index (χ4n) is 1.74. The Morgan fingerprint density at radius 2 is 1.96 bits per heavy atom. The number of carboxylic acid groups (broad SMARTS) is 1. The molecule has 0 aliphatic rings. The first kappa shape index (κ1) is 21.9. The van der Waals surface area contributed by atoms with Crippen molar-refractivity contribution in [3.05, 3.63) is 28.5 Å². The Labute approximate surface area is 155 Å². The predicted octanol–water partition coefficient (Wildman–Crippen LogP) is 4.14. The van der Waals surface area contributed by atoms with Crippen molar-refractivity contribution in [2.45, 2.75) is 44.5 Å². The van der Waals surface area contributed by atoms with Crippen LogP contribution in [-0.2, 0) is 16.2 Å². The van der Waals surface area contributed by atoms with E-state index in [1.54, 1.807) is 32.9 Å². The zero-order valence-corrected chi connectivity index (χ0v) is 16.2. The molecule has 0 spiro atoms. The van der Waals surface area contributed by atoms with Crippen molar-refractivity contribution in [2.24, 2.45) is 10.3 Å². The molecule has 1 aromatic rings. The number of carboxylic acids is 1. The maximum atomic E-state index is 13.2. The summed E-state index contributed by atoms with van der Waals surface area (Å²) >= 11 is 1.31. The standard InChI is InChI=1S/C15H18BrF3N2O3S/c1-14(2,3)25(24)21-11(10-5-4-6-12(16)20-10)7-9(8-13(22)23)15(17,18)19/h4-6,9H,7-8H2,1-3H3,(H,22,23)/b21-11-/t9-,25-/m1/s1. The first-order valence-corrected chi connectivity index (χ1v) is 9.11. The maximum absolute atomic E-state index is 13.2. The van der Waals surface area contributed by atoms with Crippen LogP contribution in [0, 0.1) is 5.92 Å². The van der Waals surface area contributed by atoms with Crippen LogP contribution in [0.15, 0.2) is 27.2 Å². The summed E-state index contributed by atoms with van der Waals surface area (Å²) in [6, 6.07) is 4.58. The summed E-state index contributed by atoms with van der Waals surface area (Å²) in [7, 11) is 0. The molecule has 1 aromatic heterocycles. The highest BCUT2D eigenvalue weighted by Crippen LogP contribution is 2.33. The third kappa shape index (κ3) is 7.33. The molecule has 0 radical (unpaired) electrons. The van der Waals surface area contributed by atoms with Gasteiger partial charge in [-0.15, -0.1) is 0 Å². The van der Waals surface area contributed by atoms with Crippen LogP contribution < -0.4 is 0 Å². The number of aliphatic carboxylic acids is 1. The molecular formula is C15H18BrF3N2O3S. The van der Waals surface area contributed by atoms with Crippen molar-refractivity contribution in [1.29, 1.82) is 0 Å². The van der Waals surface area contributed by atoms with E-state index in [2.05, 4.69) is 25.3 Å². The Kier molecular flexibility index (Phi) is 7.45. The van der Waals surface area contributed by atoms with Gasteiger partial charge in [0.05, 0.1) is 18.0 Å². The molecule has 1 rings (SSSR count). The maximum Gasteiger partial charge on any atom is 0.392 e. The number of alkyl halides is 3. The Bertz CT molecular complexity index is 648. The minimum atomic E-state index is -4.73. The summed E-state index contributed by atoms with van der Waals surface area (Å²) in [6.07, 6.45) is -6.55. The van der Waals surface area contributed by atoms with E-state index in [9.17, 15) is 22.5 Å². The van der Waals surface area contributed by atoms with E-state index in [-0.39, 0.29) is 11.4 Å². The molecule has 0 aliphatic heterocycles. The van der Waals surface area contributed by atoms with Gasteiger partial charge in [-0.2, -0.15) is 13.2 Å². The number of carbonyl (C=O) groups is 1. The second-order valence-corrected chi connectivity index (χ2v) is 9.00. The molecule has 0 fully saturated rings. The van der Waals surface area contributed by atoms with Gasteiger partial charge in [-0.25, -0.2) is 4.98 Å². The van der Waals surface area contributed by atoms with Crippen molar-refractivity contribution in [3.8, 4) is 0 Å². The first-order chi connectivity index (χ1) is 11.3. The average Bonchev–Trinajstić information content (AvgIpc) is 2.43. The summed E-state index contributed by atoms with van der Waals surface area (Å²) in [5.74, 6) is -3.72. The molecule has 25 heavy (non-hydrogen) atoms. The highest BCUT2D eigenvalue weighted by molar-refractivity contribution is 9.10. The lowest BCUT2D eigenvalue weighted by Gasteiger charge is -2.22. The van der Waals surface area contributed by atoms with Crippen molar-refractivity contribution >= 4 is 39.0 Å². The van der Waals surface area contributed by atoms with Gasteiger partial charge >= 0.3 is 12.1 Å². The Morgan fingerprint density at radius 1 is 1.36 bits per heavy atom. The summed E-state index contributed by atoms with van der Waals surface area (Å²) in [6.45, 7) is 4.91. The minimum Gasteiger partial charge on any atom is -0.591 e.